The normalized spacial score (nSPS) is 10.8. The molecule has 118 valence electrons. The Balaban J connectivity index is 1.59. The number of anilines is 1. The molecule has 0 bridgehead atoms. The average molecular weight is 320 g/mol. The van der Waals surface area contributed by atoms with Gasteiger partial charge in [0.1, 0.15) is 5.75 Å². The number of carbonyl (C=O) groups is 1. The molecule has 1 amide bonds. The number of amides is 1. The number of phenols is 1. The van der Waals surface area contributed by atoms with E-state index in [1.165, 1.54) is 23.0 Å². The van der Waals surface area contributed by atoms with Gasteiger partial charge in [-0.05, 0) is 24.3 Å². The van der Waals surface area contributed by atoms with Crippen LogP contribution in [-0.4, -0.2) is 36.0 Å². The summed E-state index contributed by atoms with van der Waals surface area (Å²) in [6.07, 6.45) is 4.71. The van der Waals surface area contributed by atoms with Gasteiger partial charge in [0.05, 0.1) is 17.3 Å². The topological polar surface area (TPSA) is 109 Å². The molecule has 4 aromatic rings. The Hall–Kier alpha value is -3.68. The second kappa shape index (κ2) is 5.51. The largest absolute Gasteiger partial charge is 0.508 e. The fourth-order valence-electron chi connectivity index (χ4n) is 2.34. The maximum atomic E-state index is 12.4. The average Bonchev–Trinajstić information content (AvgIpc) is 3.23. The molecule has 1 aromatic carbocycles. The van der Waals surface area contributed by atoms with Crippen molar-refractivity contribution in [1.29, 1.82) is 0 Å². The minimum absolute atomic E-state index is 0.126. The van der Waals surface area contributed by atoms with Gasteiger partial charge in [-0.25, -0.2) is 9.67 Å². The number of hydrogen-bond donors (Lipinski definition) is 3. The Morgan fingerprint density at radius 2 is 2.17 bits per heavy atom. The van der Waals surface area contributed by atoms with Gasteiger partial charge in [-0.2, -0.15) is 10.2 Å². The van der Waals surface area contributed by atoms with E-state index < -0.39 is 0 Å². The smallest absolute Gasteiger partial charge is 0.260 e. The minimum atomic E-state index is -0.335. The number of nitrogens with one attached hydrogen (secondary N) is 2. The summed E-state index contributed by atoms with van der Waals surface area (Å²) in [4.78, 5) is 16.6. The monoisotopic (exact) mass is 320 g/mol. The number of H-pyrrole nitrogens is 1. The molecule has 0 aliphatic heterocycles. The molecular formula is C16H12N6O2. The summed E-state index contributed by atoms with van der Waals surface area (Å²) >= 11 is 0. The predicted molar refractivity (Wildman–Crippen MR) is 87.1 cm³/mol. The van der Waals surface area contributed by atoms with Crippen LogP contribution in [-0.2, 0) is 0 Å². The fraction of sp³-hybridized carbons (Fsp3) is 0. The second-order valence-corrected chi connectivity index (χ2v) is 5.12. The van der Waals surface area contributed by atoms with Gasteiger partial charge >= 0.3 is 0 Å². The Labute approximate surface area is 135 Å². The summed E-state index contributed by atoms with van der Waals surface area (Å²) in [5.41, 5.74) is 1.02. The van der Waals surface area contributed by atoms with E-state index in [-0.39, 0.29) is 11.7 Å². The second-order valence-electron chi connectivity index (χ2n) is 5.12. The zero-order valence-electron chi connectivity index (χ0n) is 12.3. The quantitative estimate of drug-likeness (QED) is 0.535. The van der Waals surface area contributed by atoms with Crippen LogP contribution in [0.1, 0.15) is 10.4 Å². The van der Waals surface area contributed by atoms with E-state index in [1.807, 2.05) is 6.07 Å². The van der Waals surface area contributed by atoms with E-state index >= 15 is 0 Å². The van der Waals surface area contributed by atoms with Crippen molar-refractivity contribution in [1.82, 2.24) is 25.0 Å². The van der Waals surface area contributed by atoms with Crippen LogP contribution in [0.5, 0.6) is 5.75 Å². The van der Waals surface area contributed by atoms with Crippen molar-refractivity contribution in [2.75, 3.05) is 5.32 Å². The molecule has 0 aliphatic rings. The van der Waals surface area contributed by atoms with E-state index in [0.717, 1.165) is 0 Å². The summed E-state index contributed by atoms with van der Waals surface area (Å²) in [6.45, 7) is 0. The number of pyridine rings is 1. The summed E-state index contributed by atoms with van der Waals surface area (Å²) in [7, 11) is 0. The number of carbonyl (C=O) groups excluding carboxylic acids is 1. The number of nitrogens with zero attached hydrogens (tertiary/aromatic N) is 4. The molecular weight excluding hydrogens is 308 g/mol. The van der Waals surface area contributed by atoms with Crippen LogP contribution in [0, 0.1) is 0 Å². The SMILES string of the molecule is O=C(Nc1n[nH]c2cc(O)ccc12)c1cnn(-c2ccccn2)c1. The predicted octanol–water partition coefficient (Wildman–Crippen LogP) is 2.10. The number of rotatable bonds is 3. The maximum Gasteiger partial charge on any atom is 0.260 e. The van der Waals surface area contributed by atoms with E-state index in [4.69, 9.17) is 0 Å². The third kappa shape index (κ3) is 2.45. The fourth-order valence-corrected chi connectivity index (χ4v) is 2.34. The molecule has 8 nitrogen and oxygen atoms in total. The molecule has 8 heteroatoms. The highest BCUT2D eigenvalue weighted by molar-refractivity contribution is 6.07. The number of phenolic OH excluding ortho intramolecular Hbond substituents is 1. The maximum absolute atomic E-state index is 12.4. The van der Waals surface area contributed by atoms with Crippen molar-refractivity contribution in [3.8, 4) is 11.6 Å². The molecule has 0 fully saturated rings. The van der Waals surface area contributed by atoms with E-state index in [1.54, 1.807) is 30.6 Å². The minimum Gasteiger partial charge on any atom is -0.508 e. The van der Waals surface area contributed by atoms with Crippen molar-refractivity contribution in [2.45, 2.75) is 0 Å². The molecule has 0 saturated heterocycles. The van der Waals surface area contributed by atoms with Gasteiger partial charge in [-0.3, -0.25) is 9.89 Å². The molecule has 3 N–H and O–H groups in total. The third-order valence-electron chi connectivity index (χ3n) is 3.51. The third-order valence-corrected chi connectivity index (χ3v) is 3.51. The van der Waals surface area contributed by atoms with Crippen LogP contribution < -0.4 is 5.32 Å². The first-order chi connectivity index (χ1) is 11.7. The van der Waals surface area contributed by atoms with Crippen LogP contribution in [0.4, 0.5) is 5.82 Å². The Morgan fingerprint density at radius 1 is 1.25 bits per heavy atom. The summed E-state index contributed by atoms with van der Waals surface area (Å²) < 4.78 is 1.52. The van der Waals surface area contributed by atoms with Crippen LogP contribution in [0.2, 0.25) is 0 Å². The van der Waals surface area contributed by atoms with E-state index in [2.05, 4.69) is 25.6 Å². The van der Waals surface area contributed by atoms with Crippen molar-refractivity contribution >= 4 is 22.6 Å². The van der Waals surface area contributed by atoms with Crippen molar-refractivity contribution in [3.05, 3.63) is 60.6 Å². The molecule has 4 rings (SSSR count). The Bertz CT molecular complexity index is 1020. The molecule has 0 radical (unpaired) electrons. The molecule has 0 aliphatic carbocycles. The lowest BCUT2D eigenvalue weighted by Crippen LogP contribution is -2.11. The molecule has 3 aromatic heterocycles. The van der Waals surface area contributed by atoms with Crippen LogP contribution in [0.25, 0.3) is 16.7 Å². The Kier molecular flexibility index (Phi) is 3.20. The standard InChI is InChI=1S/C16H12N6O2/c23-11-4-5-12-13(7-11)20-21-15(12)19-16(24)10-8-18-22(9-10)14-3-1-2-6-17-14/h1-9,23H,(H2,19,20,21,24). The Morgan fingerprint density at radius 3 is 3.00 bits per heavy atom. The van der Waals surface area contributed by atoms with Gasteiger partial charge < -0.3 is 10.4 Å². The van der Waals surface area contributed by atoms with Crippen LogP contribution >= 0.6 is 0 Å². The highest BCUT2D eigenvalue weighted by Gasteiger charge is 2.14. The first-order valence-electron chi connectivity index (χ1n) is 7.15. The highest BCUT2D eigenvalue weighted by atomic mass is 16.3. The first-order valence-corrected chi connectivity index (χ1v) is 7.15. The lowest BCUT2D eigenvalue weighted by Gasteiger charge is -2.00. The number of aromatic hydroxyl groups is 1. The van der Waals surface area contributed by atoms with Crippen LogP contribution in [0.3, 0.4) is 0 Å². The number of hydrogen-bond acceptors (Lipinski definition) is 5. The number of fused-ring (bicyclic) bond motifs is 1. The van der Waals surface area contributed by atoms with Crippen LogP contribution in [0.15, 0.2) is 55.0 Å². The van der Waals surface area contributed by atoms with Gasteiger partial charge in [0, 0.05) is 23.8 Å². The number of aromatic amines is 1. The van der Waals surface area contributed by atoms with Crippen molar-refractivity contribution in [3.63, 3.8) is 0 Å². The van der Waals surface area contributed by atoms with E-state index in [0.29, 0.717) is 28.1 Å². The summed E-state index contributed by atoms with van der Waals surface area (Å²) in [6, 6.07) is 10.2. The lowest BCUT2D eigenvalue weighted by molar-refractivity contribution is 0.102. The van der Waals surface area contributed by atoms with Gasteiger partial charge in [0.2, 0.25) is 0 Å². The molecule has 24 heavy (non-hydrogen) atoms. The molecule has 0 saturated carbocycles. The molecule has 0 unspecified atom stereocenters. The zero-order chi connectivity index (χ0) is 16.5. The molecule has 3 heterocycles. The van der Waals surface area contributed by atoms with Crippen molar-refractivity contribution < 1.29 is 9.90 Å². The van der Waals surface area contributed by atoms with Gasteiger partial charge in [-0.1, -0.05) is 6.07 Å². The first kappa shape index (κ1) is 13.9. The summed E-state index contributed by atoms with van der Waals surface area (Å²) in [5, 5.41) is 23.9. The zero-order valence-corrected chi connectivity index (χ0v) is 12.3. The van der Waals surface area contributed by atoms with Gasteiger partial charge in [0.25, 0.3) is 5.91 Å². The van der Waals surface area contributed by atoms with E-state index in [9.17, 15) is 9.90 Å². The van der Waals surface area contributed by atoms with Crippen molar-refractivity contribution in [2.24, 2.45) is 0 Å². The molecule has 0 spiro atoms. The van der Waals surface area contributed by atoms with Gasteiger partial charge in [0.15, 0.2) is 11.6 Å². The number of benzene rings is 1. The summed E-state index contributed by atoms with van der Waals surface area (Å²) in [5.74, 6) is 0.803. The van der Waals surface area contributed by atoms with Gasteiger partial charge in [-0.15, -0.1) is 0 Å². The lowest BCUT2D eigenvalue weighted by atomic mass is 10.2. The highest BCUT2D eigenvalue weighted by Crippen LogP contribution is 2.24. The molecule has 0 atom stereocenters. The number of aromatic nitrogens is 5.